The van der Waals surface area contributed by atoms with Gasteiger partial charge in [0, 0.05) is 31.9 Å². The molecule has 0 heterocycles. The molecule has 0 amide bonds. The number of nitrogens with zero attached hydrogens (tertiary/aromatic N) is 1. The van der Waals surface area contributed by atoms with Gasteiger partial charge in [0.1, 0.15) is 0 Å². The molecular formula is C11H18Cl3NO3Zn. The molecule has 1 rings (SSSR count). The van der Waals surface area contributed by atoms with Gasteiger partial charge in [-0.05, 0) is 0 Å². The Bertz CT molecular complexity index is 329. The van der Waals surface area contributed by atoms with Crippen molar-refractivity contribution >= 4 is 18.1 Å². The van der Waals surface area contributed by atoms with E-state index in [4.69, 9.17) is 14.2 Å². The number of hydrogen-bond donors (Lipinski definition) is 0. The van der Waals surface area contributed by atoms with Crippen LogP contribution in [0.1, 0.15) is 0 Å². The zero-order valence-corrected chi connectivity index (χ0v) is 17.0. The van der Waals surface area contributed by atoms with Crippen LogP contribution in [0.5, 0.6) is 17.2 Å². The van der Waals surface area contributed by atoms with Crippen LogP contribution in [0.4, 0.5) is 5.69 Å². The van der Waals surface area contributed by atoms with Crippen molar-refractivity contribution in [1.82, 2.24) is 0 Å². The van der Waals surface area contributed by atoms with Crippen molar-refractivity contribution in [1.29, 1.82) is 0 Å². The molecule has 0 aliphatic carbocycles. The maximum atomic E-state index is 5.24. The molecule has 8 heteroatoms. The SMILES string of the molecule is COc1cc(N(C)C)cc(OC)c1OC.Cl.[Cl-].[Cl-].[Zn+2]. The summed E-state index contributed by atoms with van der Waals surface area (Å²) in [5, 5.41) is 0. The van der Waals surface area contributed by atoms with Crippen molar-refractivity contribution in [2.75, 3.05) is 40.3 Å². The average molecular weight is 384 g/mol. The number of anilines is 1. The smallest absolute Gasteiger partial charge is 1.00 e. The summed E-state index contributed by atoms with van der Waals surface area (Å²) in [5.41, 5.74) is 1.00. The summed E-state index contributed by atoms with van der Waals surface area (Å²) in [6.45, 7) is 0. The first kappa shape index (κ1) is 27.3. The molecule has 0 radical (unpaired) electrons. The molecule has 0 bridgehead atoms. The first-order chi connectivity index (χ1) is 7.13. The van der Waals surface area contributed by atoms with Crippen LogP contribution in [-0.2, 0) is 19.5 Å². The first-order valence-electron chi connectivity index (χ1n) is 4.61. The monoisotopic (exact) mass is 381 g/mol. The minimum atomic E-state index is 0. The largest absolute Gasteiger partial charge is 2.00 e. The quantitative estimate of drug-likeness (QED) is 0.499. The van der Waals surface area contributed by atoms with Crippen molar-refractivity contribution in [3.8, 4) is 17.2 Å². The number of rotatable bonds is 4. The van der Waals surface area contributed by atoms with Gasteiger partial charge < -0.3 is 43.9 Å². The molecular weight excluding hydrogens is 366 g/mol. The van der Waals surface area contributed by atoms with Gasteiger partial charge in [0.25, 0.3) is 0 Å². The van der Waals surface area contributed by atoms with Gasteiger partial charge in [0.15, 0.2) is 11.5 Å². The van der Waals surface area contributed by atoms with E-state index in [-0.39, 0.29) is 56.7 Å². The topological polar surface area (TPSA) is 30.9 Å². The molecule has 0 saturated heterocycles. The van der Waals surface area contributed by atoms with E-state index in [9.17, 15) is 0 Å². The van der Waals surface area contributed by atoms with Gasteiger partial charge in [0.05, 0.1) is 21.3 Å². The van der Waals surface area contributed by atoms with Crippen LogP contribution < -0.4 is 43.9 Å². The number of ether oxygens (including phenoxy) is 3. The van der Waals surface area contributed by atoms with E-state index in [1.54, 1.807) is 21.3 Å². The third-order valence-corrected chi connectivity index (χ3v) is 2.17. The van der Waals surface area contributed by atoms with Gasteiger partial charge in [-0.3, -0.25) is 0 Å². The van der Waals surface area contributed by atoms with Crippen LogP contribution in [0.3, 0.4) is 0 Å². The standard InChI is InChI=1S/C11H17NO3.3ClH.Zn/c1-12(2)8-6-9(13-3)11(15-5)10(7-8)14-4;;;;/h6-7H,1-5H3;3*1H;/q;;;;+2/p-2. The van der Waals surface area contributed by atoms with Crippen LogP contribution in [0.2, 0.25) is 0 Å². The summed E-state index contributed by atoms with van der Waals surface area (Å²) < 4.78 is 15.7. The van der Waals surface area contributed by atoms with E-state index in [1.807, 2.05) is 31.1 Å². The summed E-state index contributed by atoms with van der Waals surface area (Å²) in [7, 11) is 8.73. The molecule has 0 aliphatic rings. The molecule has 0 N–H and O–H groups in total. The fourth-order valence-corrected chi connectivity index (χ4v) is 1.33. The van der Waals surface area contributed by atoms with Gasteiger partial charge >= 0.3 is 19.5 Å². The Kier molecular flexibility index (Phi) is 18.6. The summed E-state index contributed by atoms with van der Waals surface area (Å²) in [6, 6.07) is 3.81. The van der Waals surface area contributed by atoms with Crippen LogP contribution in [-0.4, -0.2) is 35.4 Å². The minimum absolute atomic E-state index is 0. The molecule has 0 aliphatic heterocycles. The van der Waals surface area contributed by atoms with Crippen LogP contribution in [0, 0.1) is 0 Å². The molecule has 0 saturated carbocycles. The van der Waals surface area contributed by atoms with E-state index in [2.05, 4.69) is 0 Å². The number of benzene rings is 1. The normalized spacial score (nSPS) is 7.63. The molecule has 1 aromatic carbocycles. The summed E-state index contributed by atoms with van der Waals surface area (Å²) >= 11 is 0. The van der Waals surface area contributed by atoms with Crippen molar-refractivity contribution in [2.24, 2.45) is 0 Å². The van der Waals surface area contributed by atoms with E-state index in [0.29, 0.717) is 17.2 Å². The molecule has 108 valence electrons. The van der Waals surface area contributed by atoms with Gasteiger partial charge in [-0.2, -0.15) is 0 Å². The average Bonchev–Trinajstić information content (AvgIpc) is 2.26. The first-order valence-corrected chi connectivity index (χ1v) is 4.61. The number of hydrogen-bond acceptors (Lipinski definition) is 4. The fraction of sp³-hybridized carbons (Fsp3) is 0.455. The Hall–Kier alpha value is -0.0866. The number of halogens is 3. The van der Waals surface area contributed by atoms with Crippen LogP contribution >= 0.6 is 12.4 Å². The second kappa shape index (κ2) is 12.9. The zero-order valence-electron chi connectivity index (χ0n) is 11.7. The van der Waals surface area contributed by atoms with E-state index >= 15 is 0 Å². The van der Waals surface area contributed by atoms with Crippen molar-refractivity contribution in [3.63, 3.8) is 0 Å². The van der Waals surface area contributed by atoms with E-state index in [1.165, 1.54) is 0 Å². The molecule has 0 aromatic heterocycles. The van der Waals surface area contributed by atoms with Crippen molar-refractivity contribution in [2.45, 2.75) is 0 Å². The predicted octanol–water partition coefficient (Wildman–Crippen LogP) is -3.79. The Labute approximate surface area is 146 Å². The second-order valence-corrected chi connectivity index (χ2v) is 3.28. The zero-order chi connectivity index (χ0) is 11.4. The molecule has 4 nitrogen and oxygen atoms in total. The maximum Gasteiger partial charge on any atom is 2.00 e. The van der Waals surface area contributed by atoms with Crippen molar-refractivity contribution in [3.05, 3.63) is 12.1 Å². The third kappa shape index (κ3) is 6.76. The fourth-order valence-electron chi connectivity index (χ4n) is 1.33. The van der Waals surface area contributed by atoms with Crippen LogP contribution in [0.25, 0.3) is 0 Å². The molecule has 19 heavy (non-hydrogen) atoms. The Morgan fingerprint density at radius 3 is 1.42 bits per heavy atom. The Morgan fingerprint density at radius 2 is 1.21 bits per heavy atom. The maximum absolute atomic E-state index is 5.24. The Morgan fingerprint density at radius 1 is 0.842 bits per heavy atom. The molecule has 1 aromatic rings. The minimum Gasteiger partial charge on any atom is -1.00 e. The third-order valence-electron chi connectivity index (χ3n) is 2.17. The second-order valence-electron chi connectivity index (χ2n) is 3.28. The Balaban J connectivity index is -0.000000281. The molecule has 0 spiro atoms. The molecule has 0 unspecified atom stereocenters. The summed E-state index contributed by atoms with van der Waals surface area (Å²) in [4.78, 5) is 1.98. The van der Waals surface area contributed by atoms with E-state index < -0.39 is 0 Å². The summed E-state index contributed by atoms with van der Waals surface area (Å²) in [5.74, 6) is 1.95. The van der Waals surface area contributed by atoms with E-state index in [0.717, 1.165) is 5.69 Å². The van der Waals surface area contributed by atoms with Crippen molar-refractivity contribution < 1.29 is 58.5 Å². The van der Waals surface area contributed by atoms with Gasteiger partial charge in [-0.1, -0.05) is 0 Å². The van der Waals surface area contributed by atoms with Gasteiger partial charge in [-0.25, -0.2) is 0 Å². The summed E-state index contributed by atoms with van der Waals surface area (Å²) in [6.07, 6.45) is 0. The molecule has 0 atom stereocenters. The van der Waals surface area contributed by atoms with Crippen LogP contribution in [0.15, 0.2) is 12.1 Å². The van der Waals surface area contributed by atoms with Gasteiger partial charge in [-0.15, -0.1) is 12.4 Å². The molecule has 0 fully saturated rings. The van der Waals surface area contributed by atoms with Gasteiger partial charge in [0.2, 0.25) is 5.75 Å². The predicted molar refractivity (Wildman–Crippen MR) is 67.7 cm³/mol. The number of methoxy groups -OCH3 is 3.